The Bertz CT molecular complexity index is 303. The Morgan fingerprint density at radius 2 is 1.75 bits per heavy atom. The van der Waals surface area contributed by atoms with E-state index in [1.54, 1.807) is 0 Å². The van der Waals surface area contributed by atoms with Crippen molar-refractivity contribution in [1.82, 2.24) is 10.2 Å². The summed E-state index contributed by atoms with van der Waals surface area (Å²) in [6.45, 7) is 16.4. The predicted octanol–water partition coefficient (Wildman–Crippen LogP) is 3.04. The van der Waals surface area contributed by atoms with Gasteiger partial charge in [-0.25, -0.2) is 0 Å². The van der Waals surface area contributed by atoms with E-state index in [0.29, 0.717) is 17.6 Å². The van der Waals surface area contributed by atoms with Gasteiger partial charge >= 0.3 is 0 Å². The Hall–Kier alpha value is -0.120. The Morgan fingerprint density at radius 3 is 2.30 bits per heavy atom. The van der Waals surface area contributed by atoms with Gasteiger partial charge in [0.1, 0.15) is 0 Å². The molecule has 1 atom stereocenters. The molecule has 0 amide bonds. The van der Waals surface area contributed by atoms with Crippen LogP contribution in [0.4, 0.5) is 0 Å². The molecule has 0 aromatic rings. The van der Waals surface area contributed by atoms with Gasteiger partial charge in [0.05, 0.1) is 12.2 Å². The van der Waals surface area contributed by atoms with Crippen molar-refractivity contribution >= 4 is 0 Å². The molecule has 0 aliphatic carbocycles. The highest BCUT2D eigenvalue weighted by molar-refractivity contribution is 4.92. The first-order valence-electron chi connectivity index (χ1n) is 8.37. The number of hydrogen-bond acceptors (Lipinski definition) is 3. The summed E-state index contributed by atoms with van der Waals surface area (Å²) < 4.78 is 6.38. The molecule has 20 heavy (non-hydrogen) atoms. The number of hydrogen-bond donors (Lipinski definition) is 1. The van der Waals surface area contributed by atoms with E-state index in [9.17, 15) is 0 Å². The summed E-state index contributed by atoms with van der Waals surface area (Å²) in [5.41, 5.74) is 0.642. The molecule has 1 N–H and O–H groups in total. The molecule has 2 aliphatic heterocycles. The molecule has 3 heteroatoms. The van der Waals surface area contributed by atoms with Crippen LogP contribution in [0.25, 0.3) is 0 Å². The van der Waals surface area contributed by atoms with Crippen LogP contribution in [0.15, 0.2) is 0 Å². The summed E-state index contributed by atoms with van der Waals surface area (Å²) >= 11 is 0. The number of rotatable bonds is 3. The summed E-state index contributed by atoms with van der Waals surface area (Å²) in [7, 11) is 0. The van der Waals surface area contributed by atoms with Crippen LogP contribution in [0.3, 0.4) is 0 Å². The zero-order chi connectivity index (χ0) is 14.8. The average molecular weight is 282 g/mol. The second-order valence-electron chi connectivity index (χ2n) is 8.49. The van der Waals surface area contributed by atoms with Gasteiger partial charge in [0.25, 0.3) is 0 Å². The van der Waals surface area contributed by atoms with Crippen LogP contribution in [0.5, 0.6) is 0 Å². The quantitative estimate of drug-likeness (QED) is 0.861. The fourth-order valence-corrected chi connectivity index (χ4v) is 3.58. The van der Waals surface area contributed by atoms with Crippen LogP contribution in [-0.2, 0) is 4.74 Å². The summed E-state index contributed by atoms with van der Waals surface area (Å²) in [6.07, 6.45) is 5.69. The van der Waals surface area contributed by atoms with Gasteiger partial charge in [0.2, 0.25) is 0 Å². The first-order chi connectivity index (χ1) is 9.26. The van der Waals surface area contributed by atoms with Crippen molar-refractivity contribution in [3.63, 3.8) is 0 Å². The molecule has 3 nitrogen and oxygen atoms in total. The van der Waals surface area contributed by atoms with E-state index in [4.69, 9.17) is 4.74 Å². The lowest BCUT2D eigenvalue weighted by Crippen LogP contribution is -2.54. The molecule has 2 fully saturated rings. The van der Waals surface area contributed by atoms with Gasteiger partial charge in [-0.3, -0.25) is 4.90 Å². The standard InChI is InChI=1S/C17H34N2O/c1-16(2,3)13-19-11-8-15(12-17(19,4)5)20-14-6-9-18-10-7-14/h14-15,18H,6-13H2,1-5H3/t15-/m0/s1. The lowest BCUT2D eigenvalue weighted by molar-refractivity contribution is -0.0895. The first-order valence-corrected chi connectivity index (χ1v) is 8.37. The maximum atomic E-state index is 6.38. The van der Waals surface area contributed by atoms with Crippen LogP contribution < -0.4 is 5.32 Å². The van der Waals surface area contributed by atoms with E-state index in [2.05, 4.69) is 44.8 Å². The molecular formula is C17H34N2O. The van der Waals surface area contributed by atoms with Gasteiger partial charge < -0.3 is 10.1 Å². The van der Waals surface area contributed by atoms with Crippen molar-refractivity contribution in [3.05, 3.63) is 0 Å². The minimum atomic E-state index is 0.267. The third kappa shape index (κ3) is 4.71. The Labute approximate surface area is 125 Å². The lowest BCUT2D eigenvalue weighted by atomic mass is 9.85. The van der Waals surface area contributed by atoms with Gasteiger partial charge in [-0.2, -0.15) is 0 Å². The molecule has 0 spiro atoms. The zero-order valence-electron chi connectivity index (χ0n) is 14.2. The minimum absolute atomic E-state index is 0.267. The van der Waals surface area contributed by atoms with E-state index in [1.165, 1.54) is 38.8 Å². The molecular weight excluding hydrogens is 248 g/mol. The summed E-state index contributed by atoms with van der Waals surface area (Å²) in [5.74, 6) is 0. The zero-order valence-corrected chi connectivity index (χ0v) is 14.2. The minimum Gasteiger partial charge on any atom is -0.375 e. The highest BCUT2D eigenvalue weighted by atomic mass is 16.5. The van der Waals surface area contributed by atoms with Crippen LogP contribution in [0.1, 0.15) is 60.3 Å². The van der Waals surface area contributed by atoms with E-state index >= 15 is 0 Å². The van der Waals surface area contributed by atoms with Gasteiger partial charge in [0.15, 0.2) is 0 Å². The number of piperidine rings is 2. The predicted molar refractivity (Wildman–Crippen MR) is 85.1 cm³/mol. The number of nitrogens with zero attached hydrogens (tertiary/aromatic N) is 1. The molecule has 0 aromatic carbocycles. The van der Waals surface area contributed by atoms with Crippen molar-refractivity contribution in [3.8, 4) is 0 Å². The van der Waals surface area contributed by atoms with Gasteiger partial charge in [-0.1, -0.05) is 20.8 Å². The van der Waals surface area contributed by atoms with Gasteiger partial charge in [-0.05, 0) is 58.0 Å². The van der Waals surface area contributed by atoms with Crippen LogP contribution in [0, 0.1) is 5.41 Å². The molecule has 0 aromatic heterocycles. The highest BCUT2D eigenvalue weighted by Gasteiger charge is 2.37. The van der Waals surface area contributed by atoms with Crippen LogP contribution in [-0.4, -0.2) is 48.8 Å². The maximum Gasteiger partial charge on any atom is 0.0608 e. The van der Waals surface area contributed by atoms with Crippen molar-refractivity contribution in [2.45, 2.75) is 78.0 Å². The van der Waals surface area contributed by atoms with Gasteiger partial charge in [0, 0.05) is 18.6 Å². The van der Waals surface area contributed by atoms with Crippen molar-refractivity contribution in [1.29, 1.82) is 0 Å². The molecule has 2 aliphatic rings. The van der Waals surface area contributed by atoms with Crippen molar-refractivity contribution < 1.29 is 4.74 Å². The monoisotopic (exact) mass is 282 g/mol. The van der Waals surface area contributed by atoms with Crippen molar-refractivity contribution in [2.75, 3.05) is 26.2 Å². The molecule has 0 radical (unpaired) electrons. The summed E-state index contributed by atoms with van der Waals surface area (Å²) in [5, 5.41) is 3.41. The normalized spacial score (nSPS) is 29.6. The number of nitrogens with one attached hydrogen (secondary N) is 1. The second-order valence-corrected chi connectivity index (χ2v) is 8.49. The second kappa shape index (κ2) is 6.33. The molecule has 2 heterocycles. The number of likely N-dealkylation sites (tertiary alicyclic amines) is 1. The van der Waals surface area contributed by atoms with Crippen molar-refractivity contribution in [2.24, 2.45) is 5.41 Å². The van der Waals surface area contributed by atoms with E-state index < -0.39 is 0 Å². The average Bonchev–Trinajstić information content (AvgIpc) is 2.32. The fourth-order valence-electron chi connectivity index (χ4n) is 3.58. The van der Waals surface area contributed by atoms with E-state index in [0.717, 1.165) is 13.1 Å². The third-order valence-electron chi connectivity index (χ3n) is 4.64. The summed E-state index contributed by atoms with van der Waals surface area (Å²) in [6, 6.07) is 0. The molecule has 0 unspecified atom stereocenters. The van der Waals surface area contributed by atoms with E-state index in [-0.39, 0.29) is 5.54 Å². The third-order valence-corrected chi connectivity index (χ3v) is 4.64. The lowest BCUT2D eigenvalue weighted by Gasteiger charge is -2.48. The molecule has 118 valence electrons. The van der Waals surface area contributed by atoms with Crippen LogP contribution in [0.2, 0.25) is 0 Å². The highest BCUT2D eigenvalue weighted by Crippen LogP contribution is 2.33. The molecule has 0 saturated carbocycles. The Kier molecular flexibility index (Phi) is 5.14. The summed E-state index contributed by atoms with van der Waals surface area (Å²) in [4.78, 5) is 2.66. The largest absolute Gasteiger partial charge is 0.375 e. The molecule has 2 saturated heterocycles. The maximum absolute atomic E-state index is 6.38. The van der Waals surface area contributed by atoms with E-state index in [1.807, 2.05) is 0 Å². The SMILES string of the molecule is CC(C)(C)CN1CC[C@H](OC2CCNCC2)CC1(C)C. The fraction of sp³-hybridized carbons (Fsp3) is 1.00. The smallest absolute Gasteiger partial charge is 0.0608 e. The van der Waals surface area contributed by atoms with Gasteiger partial charge in [-0.15, -0.1) is 0 Å². The van der Waals surface area contributed by atoms with Crippen LogP contribution >= 0.6 is 0 Å². The molecule has 2 rings (SSSR count). The molecule has 0 bridgehead atoms. The first kappa shape index (κ1) is 16.3. The Morgan fingerprint density at radius 1 is 1.10 bits per heavy atom. The number of ether oxygens (including phenoxy) is 1. The Balaban J connectivity index is 1.85. The topological polar surface area (TPSA) is 24.5 Å².